The van der Waals surface area contributed by atoms with E-state index < -0.39 is 0 Å². The highest BCUT2D eigenvalue weighted by Gasteiger charge is 2.19. The maximum absolute atomic E-state index is 12.2. The first-order chi connectivity index (χ1) is 9.69. The average molecular weight is 292 g/mol. The fourth-order valence-electron chi connectivity index (χ4n) is 2.58. The van der Waals surface area contributed by atoms with E-state index in [1.807, 2.05) is 11.9 Å². The quantitative estimate of drug-likeness (QED) is 0.847. The van der Waals surface area contributed by atoms with Gasteiger partial charge in [0, 0.05) is 24.9 Å². The summed E-state index contributed by atoms with van der Waals surface area (Å²) in [5.74, 6) is 0.830. The van der Waals surface area contributed by atoms with Crippen molar-refractivity contribution < 1.29 is 4.79 Å². The molecule has 1 saturated heterocycles. The van der Waals surface area contributed by atoms with E-state index in [0.29, 0.717) is 18.9 Å². The highest BCUT2D eigenvalue weighted by atomic mass is 32.2. The molecule has 1 aromatic carbocycles. The van der Waals surface area contributed by atoms with Gasteiger partial charge in [-0.1, -0.05) is 12.1 Å². The molecule has 0 aromatic heterocycles. The molecule has 4 heteroatoms. The Kier molecular flexibility index (Phi) is 5.92. The van der Waals surface area contributed by atoms with Crippen LogP contribution in [0.5, 0.6) is 0 Å². The van der Waals surface area contributed by atoms with Gasteiger partial charge < -0.3 is 10.2 Å². The van der Waals surface area contributed by atoms with E-state index in [4.69, 9.17) is 0 Å². The number of rotatable bonds is 5. The van der Waals surface area contributed by atoms with Crippen molar-refractivity contribution in [3.63, 3.8) is 0 Å². The van der Waals surface area contributed by atoms with Crippen LogP contribution in [0.3, 0.4) is 0 Å². The second-order valence-corrected chi connectivity index (χ2v) is 6.38. The zero-order valence-corrected chi connectivity index (χ0v) is 13.2. The molecule has 1 aliphatic heterocycles. The Balaban J connectivity index is 1.83. The summed E-state index contributed by atoms with van der Waals surface area (Å²) in [5.41, 5.74) is 1.20. The second kappa shape index (κ2) is 7.70. The predicted molar refractivity (Wildman–Crippen MR) is 84.9 cm³/mol. The van der Waals surface area contributed by atoms with Crippen LogP contribution in [-0.2, 0) is 11.3 Å². The minimum atomic E-state index is 0.269. The van der Waals surface area contributed by atoms with Crippen molar-refractivity contribution in [2.45, 2.75) is 30.7 Å². The predicted octanol–water partition coefficient (Wildman–Crippen LogP) is 2.76. The van der Waals surface area contributed by atoms with E-state index in [0.717, 1.165) is 25.9 Å². The molecule has 0 aliphatic carbocycles. The van der Waals surface area contributed by atoms with Gasteiger partial charge in [-0.15, -0.1) is 11.8 Å². The largest absolute Gasteiger partial charge is 0.341 e. The number of carbonyl (C=O) groups is 1. The van der Waals surface area contributed by atoms with Crippen LogP contribution in [-0.4, -0.2) is 37.2 Å². The van der Waals surface area contributed by atoms with Gasteiger partial charge in [0.25, 0.3) is 0 Å². The molecule has 0 spiro atoms. The summed E-state index contributed by atoms with van der Waals surface area (Å²) in [5, 5.41) is 3.34. The summed E-state index contributed by atoms with van der Waals surface area (Å²) < 4.78 is 0. The number of hydrogen-bond acceptors (Lipinski definition) is 3. The van der Waals surface area contributed by atoms with E-state index in [2.05, 4.69) is 35.8 Å². The molecule has 2 rings (SSSR count). The van der Waals surface area contributed by atoms with Gasteiger partial charge in [0.05, 0.1) is 0 Å². The maximum Gasteiger partial charge on any atom is 0.222 e. The van der Waals surface area contributed by atoms with Crippen molar-refractivity contribution in [3.05, 3.63) is 29.8 Å². The van der Waals surface area contributed by atoms with Gasteiger partial charge in [0.15, 0.2) is 0 Å². The van der Waals surface area contributed by atoms with Crippen LogP contribution in [0, 0.1) is 5.92 Å². The van der Waals surface area contributed by atoms with Gasteiger partial charge in [-0.05, 0) is 55.8 Å². The molecule has 3 nitrogen and oxygen atoms in total. The Hall–Kier alpha value is -1.00. The minimum Gasteiger partial charge on any atom is -0.341 e. The fraction of sp³-hybridized carbons (Fsp3) is 0.562. The molecule has 0 unspecified atom stereocenters. The number of thioether (sulfide) groups is 1. The summed E-state index contributed by atoms with van der Waals surface area (Å²) in [7, 11) is 1.91. The van der Waals surface area contributed by atoms with Crippen LogP contribution in [0.2, 0.25) is 0 Å². The molecule has 110 valence electrons. The standard InChI is InChI=1S/C16H24N2OS/c1-18(12-14-3-5-15(20-2)6-4-14)16(19)11-13-7-9-17-10-8-13/h3-6,13,17H,7-12H2,1-2H3. The number of benzene rings is 1. The number of amides is 1. The van der Waals surface area contributed by atoms with Gasteiger partial charge in [-0.3, -0.25) is 4.79 Å². The van der Waals surface area contributed by atoms with Crippen LogP contribution in [0.4, 0.5) is 0 Å². The van der Waals surface area contributed by atoms with Crippen LogP contribution < -0.4 is 5.32 Å². The topological polar surface area (TPSA) is 32.3 Å². The third-order valence-electron chi connectivity index (χ3n) is 3.93. The number of piperidine rings is 1. The lowest BCUT2D eigenvalue weighted by Crippen LogP contribution is -2.33. The Morgan fingerprint density at radius 1 is 1.30 bits per heavy atom. The molecule has 0 bridgehead atoms. The van der Waals surface area contributed by atoms with Crippen molar-refractivity contribution in [1.82, 2.24) is 10.2 Å². The summed E-state index contributed by atoms with van der Waals surface area (Å²) in [4.78, 5) is 15.4. The van der Waals surface area contributed by atoms with Crippen molar-refractivity contribution in [2.24, 2.45) is 5.92 Å². The number of hydrogen-bond donors (Lipinski definition) is 1. The molecule has 0 saturated carbocycles. The zero-order chi connectivity index (χ0) is 14.4. The highest BCUT2D eigenvalue weighted by molar-refractivity contribution is 7.98. The number of nitrogens with zero attached hydrogens (tertiary/aromatic N) is 1. The lowest BCUT2D eigenvalue weighted by Gasteiger charge is -2.25. The molecule has 1 aliphatic rings. The highest BCUT2D eigenvalue weighted by Crippen LogP contribution is 2.19. The van der Waals surface area contributed by atoms with Gasteiger partial charge in [0.2, 0.25) is 5.91 Å². The summed E-state index contributed by atoms with van der Waals surface area (Å²) in [6.45, 7) is 2.81. The smallest absolute Gasteiger partial charge is 0.222 e. The zero-order valence-electron chi connectivity index (χ0n) is 12.4. The monoisotopic (exact) mass is 292 g/mol. The van der Waals surface area contributed by atoms with Gasteiger partial charge >= 0.3 is 0 Å². The normalized spacial score (nSPS) is 16.1. The Bertz CT molecular complexity index is 427. The molecule has 1 N–H and O–H groups in total. The molecule has 1 aromatic rings. The van der Waals surface area contributed by atoms with Crippen molar-refractivity contribution in [1.29, 1.82) is 0 Å². The average Bonchev–Trinajstić information content (AvgIpc) is 2.49. The molecule has 1 heterocycles. The second-order valence-electron chi connectivity index (χ2n) is 5.50. The fourth-order valence-corrected chi connectivity index (χ4v) is 2.99. The molecular weight excluding hydrogens is 268 g/mol. The van der Waals surface area contributed by atoms with Crippen LogP contribution in [0.25, 0.3) is 0 Å². The van der Waals surface area contributed by atoms with Crippen LogP contribution >= 0.6 is 11.8 Å². The summed E-state index contributed by atoms with van der Waals surface area (Å²) >= 11 is 1.74. The van der Waals surface area contributed by atoms with Gasteiger partial charge in [-0.2, -0.15) is 0 Å². The van der Waals surface area contributed by atoms with E-state index in [1.54, 1.807) is 11.8 Å². The molecule has 1 amide bonds. The third kappa shape index (κ3) is 4.53. The van der Waals surface area contributed by atoms with Crippen molar-refractivity contribution in [2.75, 3.05) is 26.4 Å². The minimum absolute atomic E-state index is 0.269. The number of nitrogens with one attached hydrogen (secondary N) is 1. The van der Waals surface area contributed by atoms with E-state index in [1.165, 1.54) is 10.5 Å². The van der Waals surface area contributed by atoms with E-state index in [-0.39, 0.29) is 5.91 Å². The Morgan fingerprint density at radius 3 is 2.55 bits per heavy atom. The van der Waals surface area contributed by atoms with Crippen molar-refractivity contribution in [3.8, 4) is 0 Å². The maximum atomic E-state index is 12.2. The summed E-state index contributed by atoms with van der Waals surface area (Å²) in [6.07, 6.45) is 5.02. The molecule has 20 heavy (non-hydrogen) atoms. The molecule has 0 atom stereocenters. The van der Waals surface area contributed by atoms with Gasteiger partial charge in [-0.25, -0.2) is 0 Å². The van der Waals surface area contributed by atoms with Crippen LogP contribution in [0.1, 0.15) is 24.8 Å². The van der Waals surface area contributed by atoms with Gasteiger partial charge in [0.1, 0.15) is 0 Å². The molecule has 1 fully saturated rings. The first kappa shape index (κ1) is 15.4. The summed E-state index contributed by atoms with van der Waals surface area (Å²) in [6, 6.07) is 8.45. The van der Waals surface area contributed by atoms with E-state index in [9.17, 15) is 4.79 Å². The SMILES string of the molecule is CSc1ccc(CN(C)C(=O)CC2CCNCC2)cc1. The van der Waals surface area contributed by atoms with Crippen molar-refractivity contribution >= 4 is 17.7 Å². The van der Waals surface area contributed by atoms with E-state index >= 15 is 0 Å². The number of carbonyl (C=O) groups excluding carboxylic acids is 1. The molecule has 0 radical (unpaired) electrons. The Labute approximate surface area is 126 Å². The van der Waals surface area contributed by atoms with Crippen LogP contribution in [0.15, 0.2) is 29.2 Å². The first-order valence-corrected chi connectivity index (χ1v) is 8.49. The lowest BCUT2D eigenvalue weighted by atomic mass is 9.94. The Morgan fingerprint density at radius 2 is 1.95 bits per heavy atom. The molecular formula is C16H24N2OS. The first-order valence-electron chi connectivity index (χ1n) is 7.26. The third-order valence-corrected chi connectivity index (χ3v) is 4.67. The lowest BCUT2D eigenvalue weighted by molar-refractivity contribution is -0.131.